The second kappa shape index (κ2) is 8.88. The van der Waals surface area contributed by atoms with E-state index in [2.05, 4.69) is 34.3 Å². The van der Waals surface area contributed by atoms with Crippen LogP contribution in [0.2, 0.25) is 0 Å². The molecule has 0 amide bonds. The molecule has 0 saturated carbocycles. The Morgan fingerprint density at radius 1 is 0.850 bits per heavy atom. The minimum absolute atomic E-state index is 0.676. The van der Waals surface area contributed by atoms with Gasteiger partial charge in [-0.15, -0.1) is 0 Å². The largest absolute Gasteiger partial charge is 0.396 e. The number of ether oxygens (including phenoxy) is 1. The third-order valence-electron chi connectivity index (χ3n) is 2.71. The zero-order chi connectivity index (χ0) is 13.9. The van der Waals surface area contributed by atoms with Crippen LogP contribution in [0.3, 0.4) is 0 Å². The van der Waals surface area contributed by atoms with Gasteiger partial charge in [0.2, 0.25) is 0 Å². The Morgan fingerprint density at radius 3 is 1.75 bits per heavy atom. The number of hydrogen-bond acceptors (Lipinski definition) is 3. The first-order chi connectivity index (χ1) is 9.95. The van der Waals surface area contributed by atoms with E-state index in [4.69, 9.17) is 4.74 Å². The molecule has 3 nitrogen and oxygen atoms in total. The molecule has 2 aromatic carbocycles. The van der Waals surface area contributed by atoms with E-state index in [0.29, 0.717) is 13.2 Å². The lowest BCUT2D eigenvalue weighted by Gasteiger charge is -2.03. The molecule has 0 N–H and O–H groups in total. The smallest absolute Gasteiger partial charge is 0.122 e. The van der Waals surface area contributed by atoms with Gasteiger partial charge >= 0.3 is 0 Å². The maximum Gasteiger partial charge on any atom is 0.122 e. The zero-order valence-electron chi connectivity index (χ0n) is 11.4. The minimum Gasteiger partial charge on any atom is -0.396 e. The highest BCUT2D eigenvalue weighted by molar-refractivity contribution is 5.57. The lowest BCUT2D eigenvalue weighted by atomic mass is 10.2. The van der Waals surface area contributed by atoms with Gasteiger partial charge in [0.05, 0.1) is 13.2 Å². The van der Waals surface area contributed by atoms with Crippen molar-refractivity contribution in [1.29, 1.82) is 0 Å². The molecule has 0 spiro atoms. The van der Waals surface area contributed by atoms with E-state index in [9.17, 15) is 0 Å². The van der Waals surface area contributed by atoms with E-state index >= 15 is 0 Å². The van der Waals surface area contributed by atoms with Crippen molar-refractivity contribution < 1.29 is 9.57 Å². The van der Waals surface area contributed by atoms with Gasteiger partial charge in [-0.05, 0) is 11.1 Å². The number of benzene rings is 2. The van der Waals surface area contributed by atoms with Crippen LogP contribution < -0.4 is 0 Å². The van der Waals surface area contributed by atoms with Crippen LogP contribution in [-0.2, 0) is 22.8 Å². The monoisotopic (exact) mass is 269 g/mol. The van der Waals surface area contributed by atoms with E-state index in [1.54, 1.807) is 6.21 Å². The Bertz CT molecular complexity index is 451. The standard InChI is InChI=1S/C14H14O.C3H5NO/c1-3-7-13(8-4-1)11-15-12-14-9-5-2-6-10-14;1-2-4-5-3-1/h1-10H,11-12H2;2H,1,3H2. The molecular formula is C17H19NO2. The fourth-order valence-corrected chi connectivity index (χ4v) is 1.70. The van der Waals surface area contributed by atoms with E-state index in [-0.39, 0.29) is 0 Å². The fraction of sp³-hybridized carbons (Fsp3) is 0.235. The average Bonchev–Trinajstić information content (AvgIpc) is 3.09. The van der Waals surface area contributed by atoms with Crippen molar-refractivity contribution in [2.75, 3.05) is 6.61 Å². The molecule has 1 aliphatic heterocycles. The molecule has 0 bridgehead atoms. The van der Waals surface area contributed by atoms with Crippen molar-refractivity contribution in [2.45, 2.75) is 19.6 Å². The molecule has 0 radical (unpaired) electrons. The number of rotatable bonds is 4. The summed E-state index contributed by atoms with van der Waals surface area (Å²) in [5.41, 5.74) is 2.43. The predicted octanol–water partition coefficient (Wildman–Crippen LogP) is 3.80. The highest BCUT2D eigenvalue weighted by Crippen LogP contribution is 2.05. The van der Waals surface area contributed by atoms with Gasteiger partial charge in [0.1, 0.15) is 6.61 Å². The van der Waals surface area contributed by atoms with E-state index in [0.717, 1.165) is 13.0 Å². The molecule has 0 atom stereocenters. The van der Waals surface area contributed by atoms with Crippen LogP contribution in [0.5, 0.6) is 0 Å². The summed E-state index contributed by atoms with van der Waals surface area (Å²) < 4.78 is 5.61. The molecule has 0 aromatic heterocycles. The van der Waals surface area contributed by atoms with Gasteiger partial charge in [0.25, 0.3) is 0 Å². The van der Waals surface area contributed by atoms with Crippen LogP contribution in [-0.4, -0.2) is 12.8 Å². The van der Waals surface area contributed by atoms with Crippen LogP contribution in [0.25, 0.3) is 0 Å². The molecule has 20 heavy (non-hydrogen) atoms. The molecule has 104 valence electrons. The van der Waals surface area contributed by atoms with Crippen molar-refractivity contribution >= 4 is 6.21 Å². The van der Waals surface area contributed by atoms with Crippen molar-refractivity contribution in [3.8, 4) is 0 Å². The fourth-order valence-electron chi connectivity index (χ4n) is 1.70. The maximum absolute atomic E-state index is 5.61. The van der Waals surface area contributed by atoms with Crippen molar-refractivity contribution in [1.82, 2.24) is 0 Å². The molecule has 2 aromatic rings. The molecule has 0 fully saturated rings. The molecule has 0 unspecified atom stereocenters. The molecule has 1 heterocycles. The van der Waals surface area contributed by atoms with Crippen molar-refractivity contribution in [2.24, 2.45) is 5.16 Å². The van der Waals surface area contributed by atoms with Gasteiger partial charge in [-0.3, -0.25) is 0 Å². The highest BCUT2D eigenvalue weighted by atomic mass is 16.6. The first-order valence-electron chi connectivity index (χ1n) is 6.74. The van der Waals surface area contributed by atoms with E-state index in [1.165, 1.54) is 11.1 Å². The van der Waals surface area contributed by atoms with Gasteiger partial charge in [-0.25, -0.2) is 0 Å². The quantitative estimate of drug-likeness (QED) is 0.845. The molecule has 0 saturated heterocycles. The first kappa shape index (κ1) is 14.3. The van der Waals surface area contributed by atoms with Crippen LogP contribution in [0.4, 0.5) is 0 Å². The van der Waals surface area contributed by atoms with Gasteiger partial charge in [0.15, 0.2) is 0 Å². The van der Waals surface area contributed by atoms with Crippen molar-refractivity contribution in [3.05, 3.63) is 71.8 Å². The summed E-state index contributed by atoms with van der Waals surface area (Å²) >= 11 is 0. The normalized spacial score (nSPS) is 12.4. The Hall–Kier alpha value is -2.13. The molecule has 3 rings (SSSR count). The second-order valence-electron chi connectivity index (χ2n) is 4.37. The summed E-state index contributed by atoms with van der Waals surface area (Å²) in [6, 6.07) is 20.4. The van der Waals surface area contributed by atoms with Crippen LogP contribution >= 0.6 is 0 Å². The van der Waals surface area contributed by atoms with E-state index in [1.807, 2.05) is 36.4 Å². The van der Waals surface area contributed by atoms with Gasteiger partial charge in [0, 0.05) is 12.6 Å². The summed E-state index contributed by atoms with van der Waals surface area (Å²) in [5.74, 6) is 0. The summed E-state index contributed by atoms with van der Waals surface area (Å²) in [4.78, 5) is 4.51. The topological polar surface area (TPSA) is 30.8 Å². The Kier molecular flexibility index (Phi) is 6.34. The minimum atomic E-state index is 0.676. The molecule has 0 aliphatic carbocycles. The van der Waals surface area contributed by atoms with Gasteiger partial charge in [-0.2, -0.15) is 0 Å². The lowest BCUT2D eigenvalue weighted by molar-refractivity contribution is 0.107. The summed E-state index contributed by atoms with van der Waals surface area (Å²) in [6.45, 7) is 2.13. The number of hydrogen-bond donors (Lipinski definition) is 0. The SMILES string of the molecule is C1=NOCC1.c1ccc(COCc2ccccc2)cc1. The predicted molar refractivity (Wildman–Crippen MR) is 80.4 cm³/mol. The van der Waals surface area contributed by atoms with Crippen LogP contribution in [0.1, 0.15) is 17.5 Å². The number of oxime groups is 1. The maximum atomic E-state index is 5.61. The number of nitrogens with zero attached hydrogens (tertiary/aromatic N) is 1. The summed E-state index contributed by atoms with van der Waals surface area (Å²) in [5, 5.41) is 3.46. The average molecular weight is 269 g/mol. The van der Waals surface area contributed by atoms with Gasteiger partial charge in [-0.1, -0.05) is 65.8 Å². The zero-order valence-corrected chi connectivity index (χ0v) is 11.4. The van der Waals surface area contributed by atoms with Crippen LogP contribution in [0.15, 0.2) is 65.8 Å². The Balaban J connectivity index is 0.000000247. The lowest BCUT2D eigenvalue weighted by Crippen LogP contribution is -1.93. The van der Waals surface area contributed by atoms with E-state index < -0.39 is 0 Å². The van der Waals surface area contributed by atoms with Crippen LogP contribution in [0, 0.1) is 0 Å². The Morgan fingerprint density at radius 2 is 1.40 bits per heavy atom. The molecular weight excluding hydrogens is 250 g/mol. The third kappa shape index (κ3) is 5.67. The highest BCUT2D eigenvalue weighted by Gasteiger charge is 1.93. The summed E-state index contributed by atoms with van der Waals surface area (Å²) in [6.07, 6.45) is 2.75. The third-order valence-corrected chi connectivity index (χ3v) is 2.71. The molecule has 3 heteroatoms. The van der Waals surface area contributed by atoms with Crippen molar-refractivity contribution in [3.63, 3.8) is 0 Å². The Labute approximate surface area is 119 Å². The molecule has 1 aliphatic rings. The second-order valence-corrected chi connectivity index (χ2v) is 4.37. The summed E-state index contributed by atoms with van der Waals surface area (Å²) in [7, 11) is 0. The first-order valence-corrected chi connectivity index (χ1v) is 6.74. The van der Waals surface area contributed by atoms with Gasteiger partial charge < -0.3 is 9.57 Å².